The Morgan fingerprint density at radius 2 is 2.25 bits per heavy atom. The zero-order valence-corrected chi connectivity index (χ0v) is 10.1. The van der Waals surface area contributed by atoms with Crippen molar-refractivity contribution in [1.29, 1.82) is 0 Å². The number of anilines is 1. The van der Waals surface area contributed by atoms with E-state index in [2.05, 4.69) is 4.98 Å². The first-order valence-electron chi connectivity index (χ1n) is 5.52. The Hall–Kier alpha value is -1.42. The number of nitrogens with two attached hydrogens (primary N) is 1. The first kappa shape index (κ1) is 12.6. The third-order valence-corrected chi connectivity index (χ3v) is 2.87. The number of carbonyl (C=O) groups excluding carboxylic acids is 1. The largest absolute Gasteiger partial charge is 0.320 e. The van der Waals surface area contributed by atoms with Crippen LogP contribution >= 0.6 is 0 Å². The van der Waals surface area contributed by atoms with Crippen LogP contribution in [0.15, 0.2) is 24.4 Å². The lowest BCUT2D eigenvalue weighted by Gasteiger charge is -2.23. The molecule has 1 rings (SSSR count). The van der Waals surface area contributed by atoms with Crippen molar-refractivity contribution >= 4 is 11.7 Å². The smallest absolute Gasteiger partial charge is 0.245 e. The van der Waals surface area contributed by atoms with Crippen LogP contribution in [0.1, 0.15) is 20.3 Å². The van der Waals surface area contributed by atoms with E-state index in [1.807, 2.05) is 26.0 Å². The molecule has 88 valence electrons. The Labute approximate surface area is 96.5 Å². The van der Waals surface area contributed by atoms with Gasteiger partial charge >= 0.3 is 0 Å². The summed E-state index contributed by atoms with van der Waals surface area (Å²) in [6.45, 7) is 4.01. The van der Waals surface area contributed by atoms with E-state index in [1.165, 1.54) is 4.90 Å². The second-order valence-electron chi connectivity index (χ2n) is 4.00. The molecular weight excluding hydrogens is 202 g/mol. The van der Waals surface area contributed by atoms with Crippen LogP contribution < -0.4 is 10.6 Å². The number of pyridine rings is 1. The number of hydrogen-bond acceptors (Lipinski definition) is 3. The van der Waals surface area contributed by atoms with E-state index in [-0.39, 0.29) is 11.8 Å². The molecule has 1 unspecified atom stereocenters. The van der Waals surface area contributed by atoms with Crippen molar-refractivity contribution in [1.82, 2.24) is 4.98 Å². The van der Waals surface area contributed by atoms with E-state index in [4.69, 9.17) is 5.73 Å². The van der Waals surface area contributed by atoms with Crippen molar-refractivity contribution in [3.63, 3.8) is 0 Å². The summed E-state index contributed by atoms with van der Waals surface area (Å²) in [6.07, 6.45) is 2.55. The molecule has 0 spiro atoms. The van der Waals surface area contributed by atoms with E-state index >= 15 is 0 Å². The van der Waals surface area contributed by atoms with Crippen molar-refractivity contribution in [2.75, 3.05) is 11.9 Å². The SMILES string of the molecule is CCC(C)[C@H](N)C(=O)N(C)c1ccccn1. The summed E-state index contributed by atoms with van der Waals surface area (Å²) in [7, 11) is 1.70. The van der Waals surface area contributed by atoms with Gasteiger partial charge < -0.3 is 5.73 Å². The molecule has 0 aliphatic rings. The number of likely N-dealkylation sites (N-methyl/N-ethyl adjacent to an activating group) is 1. The minimum absolute atomic E-state index is 0.0898. The number of rotatable bonds is 4. The van der Waals surface area contributed by atoms with Gasteiger partial charge in [0.05, 0.1) is 6.04 Å². The van der Waals surface area contributed by atoms with Crippen LogP contribution in [0.25, 0.3) is 0 Å². The molecule has 1 amide bonds. The second-order valence-corrected chi connectivity index (χ2v) is 4.00. The van der Waals surface area contributed by atoms with E-state index in [1.54, 1.807) is 19.3 Å². The zero-order valence-electron chi connectivity index (χ0n) is 10.1. The van der Waals surface area contributed by atoms with Crippen LogP contribution in [0.4, 0.5) is 5.82 Å². The summed E-state index contributed by atoms with van der Waals surface area (Å²) >= 11 is 0. The van der Waals surface area contributed by atoms with Gasteiger partial charge in [0.2, 0.25) is 5.91 Å². The molecule has 0 aliphatic carbocycles. The first-order valence-corrected chi connectivity index (χ1v) is 5.52. The molecule has 0 bridgehead atoms. The molecule has 0 saturated carbocycles. The molecular formula is C12H19N3O. The second kappa shape index (κ2) is 5.61. The summed E-state index contributed by atoms with van der Waals surface area (Å²) in [4.78, 5) is 17.6. The topological polar surface area (TPSA) is 59.2 Å². The van der Waals surface area contributed by atoms with Gasteiger partial charge in [-0.05, 0) is 18.1 Å². The highest BCUT2D eigenvalue weighted by Crippen LogP contribution is 2.12. The summed E-state index contributed by atoms with van der Waals surface area (Å²) in [5, 5.41) is 0. The summed E-state index contributed by atoms with van der Waals surface area (Å²) in [5.74, 6) is 0.720. The Bertz CT molecular complexity index is 339. The highest BCUT2D eigenvalue weighted by molar-refractivity contribution is 5.95. The Morgan fingerprint density at radius 1 is 1.56 bits per heavy atom. The molecule has 0 fully saturated rings. The van der Waals surface area contributed by atoms with Gasteiger partial charge in [-0.1, -0.05) is 26.3 Å². The molecule has 1 aromatic rings. The van der Waals surface area contributed by atoms with Crippen LogP contribution in [0, 0.1) is 5.92 Å². The third-order valence-electron chi connectivity index (χ3n) is 2.87. The Morgan fingerprint density at radius 3 is 2.75 bits per heavy atom. The Balaban J connectivity index is 2.75. The van der Waals surface area contributed by atoms with E-state index < -0.39 is 6.04 Å². The number of amides is 1. The summed E-state index contributed by atoms with van der Waals surface area (Å²) < 4.78 is 0. The maximum atomic E-state index is 12.0. The average Bonchev–Trinajstić information content (AvgIpc) is 2.36. The maximum Gasteiger partial charge on any atom is 0.245 e. The standard InChI is InChI=1S/C12H19N3O/c1-4-9(2)11(13)12(16)15(3)10-7-5-6-8-14-10/h5-9,11H,4,13H2,1-3H3/t9?,11-/m0/s1. The van der Waals surface area contributed by atoms with Gasteiger partial charge in [0.15, 0.2) is 0 Å². The van der Waals surface area contributed by atoms with Crippen LogP contribution in [0.3, 0.4) is 0 Å². The third kappa shape index (κ3) is 2.79. The Kier molecular flexibility index (Phi) is 4.43. The minimum atomic E-state index is -0.461. The highest BCUT2D eigenvalue weighted by atomic mass is 16.2. The minimum Gasteiger partial charge on any atom is -0.320 e. The van der Waals surface area contributed by atoms with Crippen molar-refractivity contribution < 1.29 is 4.79 Å². The van der Waals surface area contributed by atoms with Gasteiger partial charge in [0.25, 0.3) is 0 Å². The molecule has 4 heteroatoms. The zero-order chi connectivity index (χ0) is 12.1. The molecule has 0 radical (unpaired) electrons. The van der Waals surface area contributed by atoms with E-state index in [9.17, 15) is 4.79 Å². The summed E-state index contributed by atoms with van der Waals surface area (Å²) in [6, 6.07) is 5.00. The molecule has 0 aromatic carbocycles. The number of aromatic nitrogens is 1. The van der Waals surface area contributed by atoms with E-state index in [0.29, 0.717) is 5.82 Å². The molecule has 1 heterocycles. The number of nitrogens with zero attached hydrogens (tertiary/aromatic N) is 2. The molecule has 2 atom stereocenters. The normalized spacial score (nSPS) is 14.2. The quantitative estimate of drug-likeness (QED) is 0.836. The van der Waals surface area contributed by atoms with Gasteiger partial charge in [-0.15, -0.1) is 0 Å². The van der Waals surface area contributed by atoms with Gasteiger partial charge in [-0.3, -0.25) is 9.69 Å². The van der Waals surface area contributed by atoms with Crippen LogP contribution in [0.5, 0.6) is 0 Å². The van der Waals surface area contributed by atoms with Crippen molar-refractivity contribution in [3.8, 4) is 0 Å². The van der Waals surface area contributed by atoms with Crippen LogP contribution in [0.2, 0.25) is 0 Å². The molecule has 1 aromatic heterocycles. The molecule has 0 saturated heterocycles. The lowest BCUT2D eigenvalue weighted by atomic mass is 9.99. The predicted molar refractivity (Wildman–Crippen MR) is 65.1 cm³/mol. The fourth-order valence-electron chi connectivity index (χ4n) is 1.39. The van der Waals surface area contributed by atoms with Crippen molar-refractivity contribution in [2.24, 2.45) is 11.7 Å². The molecule has 2 N–H and O–H groups in total. The van der Waals surface area contributed by atoms with Gasteiger partial charge in [0, 0.05) is 13.2 Å². The first-order chi connectivity index (χ1) is 7.57. The predicted octanol–water partition coefficient (Wildman–Crippen LogP) is 1.42. The lowest BCUT2D eigenvalue weighted by Crippen LogP contribution is -2.45. The van der Waals surface area contributed by atoms with Gasteiger partial charge in [0.1, 0.15) is 5.82 Å². The number of hydrogen-bond donors (Lipinski definition) is 1. The lowest BCUT2D eigenvalue weighted by molar-refractivity contribution is -0.120. The van der Waals surface area contributed by atoms with Crippen LogP contribution in [-0.2, 0) is 4.79 Å². The van der Waals surface area contributed by atoms with E-state index in [0.717, 1.165) is 6.42 Å². The maximum absolute atomic E-state index is 12.0. The van der Waals surface area contributed by atoms with Gasteiger partial charge in [-0.2, -0.15) is 0 Å². The van der Waals surface area contributed by atoms with Crippen LogP contribution in [-0.4, -0.2) is 24.0 Å². The number of carbonyl (C=O) groups is 1. The summed E-state index contributed by atoms with van der Waals surface area (Å²) in [5.41, 5.74) is 5.89. The highest BCUT2D eigenvalue weighted by Gasteiger charge is 2.23. The van der Waals surface area contributed by atoms with Crippen molar-refractivity contribution in [3.05, 3.63) is 24.4 Å². The fraction of sp³-hybridized carbons (Fsp3) is 0.500. The fourth-order valence-corrected chi connectivity index (χ4v) is 1.39. The monoisotopic (exact) mass is 221 g/mol. The molecule has 0 aliphatic heterocycles. The average molecular weight is 221 g/mol. The molecule has 16 heavy (non-hydrogen) atoms. The van der Waals surface area contributed by atoms with Gasteiger partial charge in [-0.25, -0.2) is 4.98 Å². The van der Waals surface area contributed by atoms with Crippen molar-refractivity contribution in [2.45, 2.75) is 26.3 Å². The molecule has 4 nitrogen and oxygen atoms in total.